The molecule has 25 heavy (non-hydrogen) atoms. The van der Waals surface area contributed by atoms with Gasteiger partial charge in [-0.25, -0.2) is 0 Å². The molecular weight excluding hydrogens is 358 g/mol. The third-order valence-electron chi connectivity index (χ3n) is 3.31. The summed E-state index contributed by atoms with van der Waals surface area (Å²) in [4.78, 5) is 11.8. The predicted octanol–water partition coefficient (Wildman–Crippen LogP) is 3.66. The summed E-state index contributed by atoms with van der Waals surface area (Å²) in [5.41, 5.74) is 8.96. The summed E-state index contributed by atoms with van der Waals surface area (Å²) >= 11 is 11.2. The number of hydrogen-bond donors (Lipinski definition) is 3. The molecule has 0 aliphatic rings. The molecule has 7 heteroatoms. The molecule has 0 saturated carbocycles. The molecule has 1 amide bonds. The Bertz CT molecular complexity index is 776. The van der Waals surface area contributed by atoms with Gasteiger partial charge < -0.3 is 10.1 Å². The van der Waals surface area contributed by atoms with Gasteiger partial charge in [0.25, 0.3) is 5.91 Å². The number of amides is 1. The van der Waals surface area contributed by atoms with Gasteiger partial charge in [-0.1, -0.05) is 23.7 Å². The number of ether oxygens (including phenoxy) is 1. The molecule has 0 radical (unpaired) electrons. The molecule has 0 heterocycles. The highest BCUT2D eigenvalue weighted by Gasteiger charge is 2.05. The van der Waals surface area contributed by atoms with E-state index < -0.39 is 0 Å². The molecule has 5 nitrogen and oxygen atoms in total. The molecular formula is C18H20ClN3O2S. The van der Waals surface area contributed by atoms with Gasteiger partial charge in [0, 0.05) is 10.7 Å². The van der Waals surface area contributed by atoms with E-state index in [0.29, 0.717) is 10.8 Å². The first-order chi connectivity index (χ1) is 11.8. The molecule has 2 rings (SSSR count). The van der Waals surface area contributed by atoms with Crippen LogP contribution >= 0.6 is 23.8 Å². The second kappa shape index (κ2) is 8.69. The number of carbonyl (C=O) groups is 1. The Morgan fingerprint density at radius 2 is 1.76 bits per heavy atom. The smallest absolute Gasteiger partial charge is 0.276 e. The van der Waals surface area contributed by atoms with Crippen molar-refractivity contribution < 1.29 is 9.53 Å². The lowest BCUT2D eigenvalue weighted by Gasteiger charge is -2.13. The van der Waals surface area contributed by atoms with E-state index in [1.165, 1.54) is 0 Å². The number of thiocarbonyl (C=S) groups is 1. The van der Waals surface area contributed by atoms with E-state index in [1.807, 2.05) is 51.1 Å². The van der Waals surface area contributed by atoms with Crippen molar-refractivity contribution in [3.63, 3.8) is 0 Å². The first-order valence-electron chi connectivity index (χ1n) is 7.66. The second-order valence-electron chi connectivity index (χ2n) is 5.70. The Labute approximate surface area is 157 Å². The normalized spacial score (nSPS) is 10.1. The Morgan fingerprint density at radius 1 is 1.08 bits per heavy atom. The third kappa shape index (κ3) is 6.25. The highest BCUT2D eigenvalue weighted by atomic mass is 35.5. The van der Waals surface area contributed by atoms with Gasteiger partial charge in [0.1, 0.15) is 5.75 Å². The second-order valence-corrected chi connectivity index (χ2v) is 6.52. The molecule has 0 aliphatic carbocycles. The van der Waals surface area contributed by atoms with Crippen LogP contribution < -0.4 is 20.9 Å². The molecule has 0 aliphatic heterocycles. The van der Waals surface area contributed by atoms with Crippen LogP contribution in [0.25, 0.3) is 0 Å². The third-order valence-corrected chi connectivity index (χ3v) is 3.92. The number of anilines is 1. The first-order valence-corrected chi connectivity index (χ1v) is 8.45. The van der Waals surface area contributed by atoms with Crippen LogP contribution in [0.15, 0.2) is 36.4 Å². The van der Waals surface area contributed by atoms with Crippen molar-refractivity contribution >= 4 is 40.5 Å². The Kier molecular flexibility index (Phi) is 6.61. The highest BCUT2D eigenvalue weighted by Crippen LogP contribution is 2.19. The molecule has 3 N–H and O–H groups in total. The van der Waals surface area contributed by atoms with Crippen LogP contribution in [-0.4, -0.2) is 17.6 Å². The zero-order valence-corrected chi connectivity index (χ0v) is 15.8. The van der Waals surface area contributed by atoms with Crippen molar-refractivity contribution in [2.45, 2.75) is 20.8 Å². The highest BCUT2D eigenvalue weighted by molar-refractivity contribution is 7.80. The lowest BCUT2D eigenvalue weighted by atomic mass is 10.1. The number of aryl methyl sites for hydroxylation is 3. The van der Waals surface area contributed by atoms with E-state index in [9.17, 15) is 4.79 Å². The van der Waals surface area contributed by atoms with Crippen LogP contribution in [0.3, 0.4) is 0 Å². The van der Waals surface area contributed by atoms with Crippen molar-refractivity contribution in [3.05, 3.63) is 58.1 Å². The summed E-state index contributed by atoms with van der Waals surface area (Å²) in [5.74, 6) is 0.313. The van der Waals surface area contributed by atoms with Crippen LogP contribution in [0.4, 0.5) is 5.69 Å². The Hall–Kier alpha value is -2.31. The zero-order chi connectivity index (χ0) is 18.4. The summed E-state index contributed by atoms with van der Waals surface area (Å²) in [5, 5.41) is 3.82. The van der Waals surface area contributed by atoms with Gasteiger partial charge in [-0.3, -0.25) is 15.6 Å². The van der Waals surface area contributed by atoms with Gasteiger partial charge in [-0.2, -0.15) is 0 Å². The van der Waals surface area contributed by atoms with Crippen molar-refractivity contribution in [3.8, 4) is 5.75 Å². The largest absolute Gasteiger partial charge is 0.484 e. The molecule has 0 spiro atoms. The number of hydrazine groups is 1. The SMILES string of the molecule is Cc1cc(C)cc(OCC(=O)NNC(=S)Nc2ccc(C)c(Cl)c2)c1. The van der Waals surface area contributed by atoms with Crippen molar-refractivity contribution in [2.24, 2.45) is 0 Å². The van der Waals surface area contributed by atoms with Crippen LogP contribution in [0.1, 0.15) is 16.7 Å². The molecule has 0 atom stereocenters. The number of carbonyl (C=O) groups excluding carboxylic acids is 1. The fourth-order valence-corrected chi connectivity index (χ4v) is 2.51. The molecule has 0 unspecified atom stereocenters. The molecule has 0 aromatic heterocycles. The standard InChI is InChI=1S/C18H20ClN3O2S/c1-11-6-12(2)8-15(7-11)24-10-17(23)21-22-18(25)20-14-5-4-13(3)16(19)9-14/h4-9H,10H2,1-3H3,(H,21,23)(H2,20,22,25). The van der Waals surface area contributed by atoms with Gasteiger partial charge in [0.15, 0.2) is 11.7 Å². The van der Waals surface area contributed by atoms with Gasteiger partial charge in [-0.15, -0.1) is 0 Å². The van der Waals surface area contributed by atoms with Gasteiger partial charge in [-0.05, 0) is 73.9 Å². The average molecular weight is 378 g/mol. The number of rotatable bonds is 4. The maximum atomic E-state index is 11.8. The van der Waals surface area contributed by atoms with E-state index >= 15 is 0 Å². The lowest BCUT2D eigenvalue weighted by molar-refractivity contribution is -0.123. The maximum absolute atomic E-state index is 11.8. The summed E-state index contributed by atoms with van der Waals surface area (Å²) in [7, 11) is 0. The Balaban J connectivity index is 1.77. The molecule has 0 saturated heterocycles. The first kappa shape index (κ1) is 19.0. The van der Waals surface area contributed by atoms with Gasteiger partial charge >= 0.3 is 0 Å². The van der Waals surface area contributed by atoms with Crippen LogP contribution in [0.5, 0.6) is 5.75 Å². The van der Waals surface area contributed by atoms with E-state index in [2.05, 4.69) is 16.2 Å². The monoisotopic (exact) mass is 377 g/mol. The van der Waals surface area contributed by atoms with E-state index in [4.69, 9.17) is 28.6 Å². The number of halogens is 1. The molecule has 2 aromatic rings. The molecule has 2 aromatic carbocycles. The molecule has 0 fully saturated rings. The van der Waals surface area contributed by atoms with E-state index in [-0.39, 0.29) is 17.6 Å². The fourth-order valence-electron chi connectivity index (χ4n) is 2.16. The topological polar surface area (TPSA) is 62.4 Å². The minimum absolute atomic E-state index is 0.116. The Morgan fingerprint density at radius 3 is 2.40 bits per heavy atom. The van der Waals surface area contributed by atoms with Crippen LogP contribution in [0.2, 0.25) is 5.02 Å². The zero-order valence-electron chi connectivity index (χ0n) is 14.3. The molecule has 132 valence electrons. The van der Waals surface area contributed by atoms with Crippen LogP contribution in [-0.2, 0) is 4.79 Å². The average Bonchev–Trinajstić information content (AvgIpc) is 2.53. The fraction of sp³-hybridized carbons (Fsp3) is 0.222. The lowest BCUT2D eigenvalue weighted by Crippen LogP contribution is -2.45. The summed E-state index contributed by atoms with van der Waals surface area (Å²) in [6.45, 7) is 5.75. The maximum Gasteiger partial charge on any atom is 0.276 e. The summed E-state index contributed by atoms with van der Waals surface area (Å²) in [6, 6.07) is 11.3. The molecule has 0 bridgehead atoms. The van der Waals surface area contributed by atoms with Gasteiger partial charge in [0.05, 0.1) is 0 Å². The van der Waals surface area contributed by atoms with Crippen molar-refractivity contribution in [1.82, 2.24) is 10.9 Å². The van der Waals surface area contributed by atoms with E-state index in [1.54, 1.807) is 6.07 Å². The van der Waals surface area contributed by atoms with E-state index in [0.717, 1.165) is 22.4 Å². The summed E-state index contributed by atoms with van der Waals surface area (Å²) < 4.78 is 5.48. The van der Waals surface area contributed by atoms with Gasteiger partial charge in [0.2, 0.25) is 0 Å². The number of nitrogens with one attached hydrogen (secondary N) is 3. The van der Waals surface area contributed by atoms with Crippen LogP contribution in [0, 0.1) is 20.8 Å². The minimum Gasteiger partial charge on any atom is -0.484 e. The number of benzene rings is 2. The quantitative estimate of drug-likeness (QED) is 0.560. The number of hydrogen-bond acceptors (Lipinski definition) is 3. The summed E-state index contributed by atoms with van der Waals surface area (Å²) in [6.07, 6.45) is 0. The van der Waals surface area contributed by atoms with Crippen molar-refractivity contribution in [1.29, 1.82) is 0 Å². The van der Waals surface area contributed by atoms with Crippen molar-refractivity contribution in [2.75, 3.05) is 11.9 Å². The predicted molar refractivity (Wildman–Crippen MR) is 105 cm³/mol. The minimum atomic E-state index is -0.342.